The first-order chi connectivity index (χ1) is 16.3. The Morgan fingerprint density at radius 1 is 1.18 bits per heavy atom. The van der Waals surface area contributed by atoms with Crippen molar-refractivity contribution in [3.63, 3.8) is 0 Å². The third kappa shape index (κ3) is 4.01. The largest absolute Gasteiger partial charge is 0.486 e. The van der Waals surface area contributed by atoms with Crippen LogP contribution in [-0.4, -0.2) is 66.3 Å². The van der Waals surface area contributed by atoms with E-state index < -0.39 is 16.1 Å². The molecule has 10 nitrogen and oxygen atoms in total. The summed E-state index contributed by atoms with van der Waals surface area (Å²) in [6.07, 6.45) is 0.980. The fourth-order valence-electron chi connectivity index (χ4n) is 4.36. The standard InChI is InChI=1S/C23H24N4O6S/c1-26(14-21-24-17-6-3-2-5-16(17)22(28)25-21)23(29)18-7-4-10-27(18)34(30,31)15-8-9-19-20(13-15)33-12-11-32-19/h2-3,5-6,8-9,13,18H,4,7,10-12,14H2,1H3,(H,24,25,28). The van der Waals surface area contributed by atoms with Crippen LogP contribution in [0.4, 0.5) is 0 Å². The molecule has 1 atom stereocenters. The number of hydrogen-bond donors (Lipinski definition) is 1. The van der Waals surface area contributed by atoms with Crippen molar-refractivity contribution < 1.29 is 22.7 Å². The van der Waals surface area contributed by atoms with E-state index >= 15 is 0 Å². The van der Waals surface area contributed by atoms with E-state index in [1.807, 2.05) is 0 Å². The Kier molecular flexibility index (Phi) is 5.74. The SMILES string of the molecule is CN(Cc1nc2ccccc2c(=O)[nH]1)C(=O)C1CCCN1S(=O)(=O)c1ccc2c(c1)OCCO2. The van der Waals surface area contributed by atoms with Crippen LogP contribution < -0.4 is 15.0 Å². The summed E-state index contributed by atoms with van der Waals surface area (Å²) in [6, 6.07) is 10.6. The lowest BCUT2D eigenvalue weighted by molar-refractivity contribution is -0.133. The van der Waals surface area contributed by atoms with E-state index in [1.54, 1.807) is 37.4 Å². The summed E-state index contributed by atoms with van der Waals surface area (Å²) in [7, 11) is -2.36. The molecule has 1 saturated heterocycles. The number of ether oxygens (including phenoxy) is 2. The predicted molar refractivity (Wildman–Crippen MR) is 123 cm³/mol. The van der Waals surface area contributed by atoms with Crippen molar-refractivity contribution in [3.05, 3.63) is 58.6 Å². The summed E-state index contributed by atoms with van der Waals surface area (Å²) in [6.45, 7) is 1.04. The van der Waals surface area contributed by atoms with Crippen LogP contribution >= 0.6 is 0 Å². The lowest BCUT2D eigenvalue weighted by Crippen LogP contribution is -2.46. The number of sulfonamides is 1. The molecule has 3 aromatic rings. The van der Waals surface area contributed by atoms with Crippen molar-refractivity contribution in [3.8, 4) is 11.5 Å². The van der Waals surface area contributed by atoms with Gasteiger partial charge in [0.15, 0.2) is 11.5 Å². The summed E-state index contributed by atoms with van der Waals surface area (Å²) >= 11 is 0. The van der Waals surface area contributed by atoms with Crippen molar-refractivity contribution in [2.75, 3.05) is 26.8 Å². The number of carbonyl (C=O) groups is 1. The van der Waals surface area contributed by atoms with Crippen LogP contribution in [0.15, 0.2) is 52.2 Å². The summed E-state index contributed by atoms with van der Waals surface area (Å²) in [4.78, 5) is 34.2. The molecule has 1 N–H and O–H groups in total. The minimum Gasteiger partial charge on any atom is -0.486 e. The highest BCUT2D eigenvalue weighted by Gasteiger charge is 2.41. The van der Waals surface area contributed by atoms with E-state index in [2.05, 4.69) is 9.97 Å². The maximum Gasteiger partial charge on any atom is 0.258 e. The Labute approximate surface area is 196 Å². The number of hydrogen-bond acceptors (Lipinski definition) is 7. The zero-order valence-corrected chi connectivity index (χ0v) is 19.4. The van der Waals surface area contributed by atoms with Crippen LogP contribution in [0.1, 0.15) is 18.7 Å². The minimum absolute atomic E-state index is 0.0489. The summed E-state index contributed by atoms with van der Waals surface area (Å²) < 4.78 is 39.1. The van der Waals surface area contributed by atoms with Gasteiger partial charge in [0.25, 0.3) is 5.56 Å². The quantitative estimate of drug-likeness (QED) is 0.582. The Hall–Kier alpha value is -3.44. The molecule has 0 spiro atoms. The molecular formula is C23H24N4O6S. The first-order valence-electron chi connectivity index (χ1n) is 11.0. The van der Waals surface area contributed by atoms with E-state index in [1.165, 1.54) is 21.3 Å². The first-order valence-corrected chi connectivity index (χ1v) is 12.4. The van der Waals surface area contributed by atoms with Crippen LogP contribution in [0.25, 0.3) is 10.9 Å². The van der Waals surface area contributed by atoms with Gasteiger partial charge in [-0.3, -0.25) is 9.59 Å². The Bertz CT molecular complexity index is 1420. The van der Waals surface area contributed by atoms with Crippen LogP contribution in [0.5, 0.6) is 11.5 Å². The molecule has 2 aliphatic rings. The molecule has 11 heteroatoms. The molecule has 2 aromatic carbocycles. The zero-order valence-electron chi connectivity index (χ0n) is 18.6. The van der Waals surface area contributed by atoms with Gasteiger partial charge in [-0.25, -0.2) is 13.4 Å². The molecule has 1 amide bonds. The van der Waals surface area contributed by atoms with Crippen molar-refractivity contribution in [2.45, 2.75) is 30.3 Å². The van der Waals surface area contributed by atoms with Crippen LogP contribution in [-0.2, 0) is 21.4 Å². The average Bonchev–Trinajstić information content (AvgIpc) is 3.34. The molecule has 0 radical (unpaired) electrons. The Balaban J connectivity index is 1.37. The maximum atomic E-state index is 13.4. The Morgan fingerprint density at radius 3 is 2.76 bits per heavy atom. The van der Waals surface area contributed by atoms with Crippen molar-refractivity contribution >= 4 is 26.8 Å². The van der Waals surface area contributed by atoms with Gasteiger partial charge in [-0.1, -0.05) is 12.1 Å². The van der Waals surface area contributed by atoms with E-state index in [-0.39, 0.29) is 29.5 Å². The van der Waals surface area contributed by atoms with E-state index in [0.29, 0.717) is 54.3 Å². The molecule has 1 unspecified atom stereocenters. The monoisotopic (exact) mass is 484 g/mol. The molecule has 178 valence electrons. The lowest BCUT2D eigenvalue weighted by atomic mass is 10.2. The van der Waals surface area contributed by atoms with E-state index in [4.69, 9.17) is 9.47 Å². The highest BCUT2D eigenvalue weighted by molar-refractivity contribution is 7.89. The van der Waals surface area contributed by atoms with Crippen LogP contribution in [0.2, 0.25) is 0 Å². The highest BCUT2D eigenvalue weighted by atomic mass is 32.2. The van der Waals surface area contributed by atoms with Crippen molar-refractivity contribution in [2.24, 2.45) is 0 Å². The third-order valence-electron chi connectivity index (χ3n) is 6.03. The molecule has 2 aliphatic heterocycles. The second kappa shape index (κ2) is 8.73. The van der Waals surface area contributed by atoms with E-state index in [0.717, 1.165) is 0 Å². The van der Waals surface area contributed by atoms with Gasteiger partial charge in [0.2, 0.25) is 15.9 Å². The minimum atomic E-state index is -3.93. The zero-order chi connectivity index (χ0) is 23.9. The van der Waals surface area contributed by atoms with Gasteiger partial charge in [0.1, 0.15) is 25.1 Å². The number of aromatic amines is 1. The van der Waals surface area contributed by atoms with Crippen molar-refractivity contribution in [1.82, 2.24) is 19.2 Å². The summed E-state index contributed by atoms with van der Waals surface area (Å²) in [5.41, 5.74) is 0.246. The van der Waals surface area contributed by atoms with Gasteiger partial charge in [0, 0.05) is 19.7 Å². The number of benzene rings is 2. The molecule has 1 aromatic heterocycles. The van der Waals surface area contributed by atoms with Crippen molar-refractivity contribution in [1.29, 1.82) is 0 Å². The fourth-order valence-corrected chi connectivity index (χ4v) is 6.03. The molecular weight excluding hydrogens is 460 g/mol. The molecule has 34 heavy (non-hydrogen) atoms. The normalized spacial score (nSPS) is 18.2. The van der Waals surface area contributed by atoms with E-state index in [9.17, 15) is 18.0 Å². The van der Waals surface area contributed by atoms with Crippen LogP contribution in [0, 0.1) is 0 Å². The molecule has 3 heterocycles. The Morgan fingerprint density at radius 2 is 1.94 bits per heavy atom. The first kappa shape index (κ1) is 22.4. The van der Waals surface area contributed by atoms with Gasteiger partial charge in [-0.15, -0.1) is 0 Å². The van der Waals surface area contributed by atoms with Crippen LogP contribution in [0.3, 0.4) is 0 Å². The topological polar surface area (TPSA) is 122 Å². The number of para-hydroxylation sites is 1. The second-order valence-electron chi connectivity index (χ2n) is 8.30. The summed E-state index contributed by atoms with van der Waals surface area (Å²) in [5, 5.41) is 0.465. The predicted octanol–water partition coefficient (Wildman–Crippen LogP) is 1.51. The number of likely N-dealkylation sites (N-methyl/N-ethyl adjacent to an activating group) is 1. The van der Waals surface area contributed by atoms with Gasteiger partial charge >= 0.3 is 0 Å². The molecule has 0 saturated carbocycles. The second-order valence-corrected chi connectivity index (χ2v) is 10.2. The smallest absolute Gasteiger partial charge is 0.258 e. The number of amides is 1. The maximum absolute atomic E-state index is 13.4. The van der Waals surface area contributed by atoms with Gasteiger partial charge in [-0.2, -0.15) is 4.31 Å². The molecule has 0 aliphatic carbocycles. The number of H-pyrrole nitrogens is 1. The highest BCUT2D eigenvalue weighted by Crippen LogP contribution is 2.35. The number of rotatable bonds is 5. The molecule has 0 bridgehead atoms. The summed E-state index contributed by atoms with van der Waals surface area (Å²) in [5.74, 6) is 0.849. The number of fused-ring (bicyclic) bond motifs is 2. The fraction of sp³-hybridized carbons (Fsp3) is 0.348. The van der Waals surface area contributed by atoms with Gasteiger partial charge in [-0.05, 0) is 37.1 Å². The molecule has 5 rings (SSSR count). The number of nitrogens with zero attached hydrogens (tertiary/aromatic N) is 3. The van der Waals surface area contributed by atoms with Gasteiger partial charge < -0.3 is 19.4 Å². The van der Waals surface area contributed by atoms with Gasteiger partial charge in [0.05, 0.1) is 22.3 Å². The number of aromatic nitrogens is 2. The third-order valence-corrected chi connectivity index (χ3v) is 7.94. The lowest BCUT2D eigenvalue weighted by Gasteiger charge is -2.27. The molecule has 1 fully saturated rings. The number of carbonyl (C=O) groups excluding carboxylic acids is 1. The average molecular weight is 485 g/mol. The number of nitrogens with one attached hydrogen (secondary N) is 1.